The molecule has 0 saturated carbocycles. The number of benzene rings is 1. The second-order valence-corrected chi connectivity index (χ2v) is 8.04. The summed E-state index contributed by atoms with van der Waals surface area (Å²) in [6.45, 7) is 21.5. The van der Waals surface area contributed by atoms with Gasteiger partial charge in [-0.2, -0.15) is 0 Å². The zero-order valence-corrected chi connectivity index (χ0v) is 23.7. The molecule has 0 heterocycles. The molecule has 0 bridgehead atoms. The van der Waals surface area contributed by atoms with Crippen molar-refractivity contribution in [1.29, 1.82) is 0 Å². The van der Waals surface area contributed by atoms with Crippen LogP contribution < -0.4 is 16.4 Å². The molecule has 0 radical (unpaired) electrons. The van der Waals surface area contributed by atoms with E-state index in [9.17, 15) is 0 Å². The lowest BCUT2D eigenvalue weighted by Crippen LogP contribution is -2.26. The number of nitrogens with two attached hydrogens (primary N) is 1. The van der Waals surface area contributed by atoms with Gasteiger partial charge in [-0.25, -0.2) is 0 Å². The van der Waals surface area contributed by atoms with Gasteiger partial charge in [0.1, 0.15) is 0 Å². The first kappa shape index (κ1) is 39.3. The van der Waals surface area contributed by atoms with E-state index in [1.807, 2.05) is 13.1 Å². The van der Waals surface area contributed by atoms with Crippen LogP contribution in [-0.2, 0) is 6.54 Å². The van der Waals surface area contributed by atoms with Crippen molar-refractivity contribution < 1.29 is 10.2 Å². The van der Waals surface area contributed by atoms with Crippen molar-refractivity contribution in [3.63, 3.8) is 0 Å². The third-order valence-corrected chi connectivity index (χ3v) is 4.84. The number of hydrogen-bond acceptors (Lipinski definition) is 5. The van der Waals surface area contributed by atoms with E-state index in [1.165, 1.54) is 43.5 Å². The summed E-state index contributed by atoms with van der Waals surface area (Å²) in [6, 6.07) is 9.12. The molecule has 0 aliphatic carbocycles. The first-order valence-corrected chi connectivity index (χ1v) is 12.3. The van der Waals surface area contributed by atoms with Crippen molar-refractivity contribution in [1.82, 2.24) is 10.6 Å². The average molecular weight is 480 g/mol. The first-order chi connectivity index (χ1) is 16.2. The van der Waals surface area contributed by atoms with Crippen LogP contribution in [0.5, 0.6) is 0 Å². The lowest BCUT2D eigenvalue weighted by molar-refractivity contribution is 0.399. The van der Waals surface area contributed by atoms with Crippen LogP contribution in [0.25, 0.3) is 0 Å². The summed E-state index contributed by atoms with van der Waals surface area (Å²) in [5, 5.41) is 21.5. The van der Waals surface area contributed by atoms with Crippen LogP contribution in [0.1, 0.15) is 71.4 Å². The van der Waals surface area contributed by atoms with Gasteiger partial charge in [0.05, 0.1) is 5.76 Å². The molecule has 1 aromatic rings. The highest BCUT2D eigenvalue weighted by atomic mass is 16.3. The molecule has 1 rings (SSSR count). The predicted molar refractivity (Wildman–Crippen MR) is 154 cm³/mol. The molecule has 0 aliphatic heterocycles. The summed E-state index contributed by atoms with van der Waals surface area (Å²) in [5.41, 5.74) is 8.56. The number of nitrogens with one attached hydrogen (secondary N) is 2. The van der Waals surface area contributed by atoms with E-state index in [0.29, 0.717) is 6.04 Å². The Morgan fingerprint density at radius 1 is 1.09 bits per heavy atom. The highest BCUT2D eigenvalue weighted by Gasteiger charge is 2.03. The average Bonchev–Trinajstić information content (AvgIpc) is 2.84. The van der Waals surface area contributed by atoms with Crippen molar-refractivity contribution in [2.45, 2.75) is 79.8 Å². The molecule has 5 nitrogen and oxygen atoms in total. The van der Waals surface area contributed by atoms with E-state index in [-0.39, 0.29) is 5.76 Å². The molecular weight excluding hydrogens is 422 g/mol. The van der Waals surface area contributed by atoms with Gasteiger partial charge in [-0.15, -0.1) is 6.58 Å². The number of rotatable bonds is 11. The molecule has 34 heavy (non-hydrogen) atoms. The number of allylic oxidation sites excluding steroid dienone is 3. The van der Waals surface area contributed by atoms with E-state index >= 15 is 0 Å². The van der Waals surface area contributed by atoms with E-state index in [2.05, 4.69) is 94.5 Å². The maximum absolute atomic E-state index is 7.86. The maximum Gasteiger partial charge on any atom is 0.0820 e. The van der Waals surface area contributed by atoms with Gasteiger partial charge in [0.15, 0.2) is 0 Å². The SMILES string of the molecule is C=C(C)O.C=CCC/C=C(\C)C(C)NCc1ccc(C)cc1.CCC(C)CCNC.CN.CO. The van der Waals surface area contributed by atoms with Crippen LogP contribution in [-0.4, -0.2) is 44.0 Å². The lowest BCUT2D eigenvalue weighted by Gasteiger charge is -2.15. The smallest absolute Gasteiger partial charge is 0.0820 e. The summed E-state index contributed by atoms with van der Waals surface area (Å²) < 4.78 is 0. The minimum absolute atomic E-state index is 0.167. The zero-order valence-electron chi connectivity index (χ0n) is 23.7. The van der Waals surface area contributed by atoms with Gasteiger partial charge in [0.25, 0.3) is 0 Å². The van der Waals surface area contributed by atoms with Crippen LogP contribution in [0.2, 0.25) is 0 Å². The second kappa shape index (κ2) is 31.1. The summed E-state index contributed by atoms with van der Waals surface area (Å²) in [4.78, 5) is 0. The minimum atomic E-state index is 0.167. The standard InChI is InChI=1S/C17H25N.C7H17N.C3H6O.CH5N.CH4O/c1-5-6-7-8-15(3)16(4)18-13-17-11-9-14(2)10-12-17;1-4-7(2)5-6-8-3;1-3(2)4;2*1-2/h5,8-12,16,18H,1,6-7,13H2,2-4H3;7-8H,4-6H2,1-3H3;4H,1H2,2H3;2H2,1H3;2H,1H3/b15-8+;;;;. The Labute approximate surface area is 212 Å². The van der Waals surface area contributed by atoms with Crippen molar-refractivity contribution in [3.8, 4) is 0 Å². The van der Waals surface area contributed by atoms with Crippen LogP contribution >= 0.6 is 0 Å². The topological polar surface area (TPSA) is 90.5 Å². The van der Waals surface area contributed by atoms with Gasteiger partial charge in [-0.3, -0.25) is 0 Å². The molecule has 2 atom stereocenters. The molecule has 0 fully saturated rings. The van der Waals surface area contributed by atoms with E-state index in [1.54, 1.807) is 0 Å². The van der Waals surface area contributed by atoms with Gasteiger partial charge in [0, 0.05) is 19.7 Å². The van der Waals surface area contributed by atoms with Crippen molar-refractivity contribution in [2.75, 3.05) is 27.7 Å². The molecule has 2 unspecified atom stereocenters. The van der Waals surface area contributed by atoms with Gasteiger partial charge >= 0.3 is 0 Å². The predicted octanol–water partition coefficient (Wildman–Crippen LogP) is 6.29. The summed E-state index contributed by atoms with van der Waals surface area (Å²) in [5.74, 6) is 1.06. The number of unbranched alkanes of at least 4 members (excludes halogenated alkanes) is 1. The van der Waals surface area contributed by atoms with Gasteiger partial charge in [-0.1, -0.05) is 74.4 Å². The van der Waals surface area contributed by atoms with Crippen LogP contribution in [0.3, 0.4) is 0 Å². The lowest BCUT2D eigenvalue weighted by atomic mass is 10.1. The van der Waals surface area contributed by atoms with Gasteiger partial charge in [0.2, 0.25) is 0 Å². The highest BCUT2D eigenvalue weighted by Crippen LogP contribution is 2.07. The normalized spacial score (nSPS) is 11.4. The molecule has 0 aromatic heterocycles. The van der Waals surface area contributed by atoms with Crippen molar-refractivity contribution in [3.05, 3.63) is 72.0 Å². The van der Waals surface area contributed by atoms with Gasteiger partial charge in [-0.05, 0) is 79.1 Å². The largest absolute Gasteiger partial charge is 0.513 e. The van der Waals surface area contributed by atoms with Crippen molar-refractivity contribution in [2.24, 2.45) is 11.7 Å². The van der Waals surface area contributed by atoms with Crippen LogP contribution in [0, 0.1) is 12.8 Å². The number of aliphatic hydroxyl groups excluding tert-OH is 2. The molecule has 5 heteroatoms. The van der Waals surface area contributed by atoms with E-state index in [4.69, 9.17) is 10.2 Å². The fourth-order valence-corrected chi connectivity index (χ4v) is 2.34. The van der Waals surface area contributed by atoms with E-state index < -0.39 is 0 Å². The third kappa shape index (κ3) is 32.3. The van der Waals surface area contributed by atoms with Crippen LogP contribution in [0.15, 0.2) is 60.9 Å². The Balaban J connectivity index is -0.000000234. The molecule has 0 amide bonds. The number of aryl methyl sites for hydroxylation is 1. The maximum atomic E-state index is 7.86. The Morgan fingerprint density at radius 2 is 1.59 bits per heavy atom. The van der Waals surface area contributed by atoms with Crippen molar-refractivity contribution >= 4 is 0 Å². The monoisotopic (exact) mass is 479 g/mol. The number of hydrogen-bond donors (Lipinski definition) is 5. The van der Waals surface area contributed by atoms with E-state index in [0.717, 1.165) is 39.0 Å². The first-order valence-electron chi connectivity index (χ1n) is 12.3. The minimum Gasteiger partial charge on any atom is -0.513 e. The Hall–Kier alpha value is -1.92. The Bertz CT molecular complexity index is 580. The quantitative estimate of drug-likeness (QED) is 0.146. The third-order valence-electron chi connectivity index (χ3n) is 4.84. The van der Waals surface area contributed by atoms with Crippen LogP contribution in [0.4, 0.5) is 0 Å². The fraction of sp³-hybridized carbons (Fsp3) is 0.586. The molecule has 1 aromatic carbocycles. The zero-order chi connectivity index (χ0) is 27.4. The second-order valence-electron chi connectivity index (χ2n) is 8.04. The molecule has 0 aliphatic rings. The van der Waals surface area contributed by atoms with Gasteiger partial charge < -0.3 is 26.6 Å². The Morgan fingerprint density at radius 3 is 2.00 bits per heavy atom. The molecule has 200 valence electrons. The molecule has 0 saturated heterocycles. The molecular formula is C29H57N3O2. The molecule has 0 spiro atoms. The summed E-state index contributed by atoms with van der Waals surface area (Å²) >= 11 is 0. The summed E-state index contributed by atoms with van der Waals surface area (Å²) in [7, 11) is 4.50. The number of aliphatic hydroxyl groups is 2. The molecule has 6 N–H and O–H groups in total. The fourth-order valence-electron chi connectivity index (χ4n) is 2.34. The summed E-state index contributed by atoms with van der Waals surface area (Å²) in [6.07, 6.45) is 9.03. The highest BCUT2D eigenvalue weighted by molar-refractivity contribution is 5.21. The Kier molecular flexibility index (Phi) is 35.9.